The van der Waals surface area contributed by atoms with Gasteiger partial charge in [0.05, 0.1) is 0 Å². The molecule has 3 heterocycles. The molecule has 1 amide bonds. The molecule has 1 fully saturated rings. The van der Waals surface area contributed by atoms with Gasteiger partial charge in [-0.1, -0.05) is 17.7 Å². The van der Waals surface area contributed by atoms with E-state index < -0.39 is 0 Å². The van der Waals surface area contributed by atoms with Gasteiger partial charge in [-0.3, -0.25) is 4.79 Å². The van der Waals surface area contributed by atoms with Gasteiger partial charge in [0, 0.05) is 25.2 Å². The van der Waals surface area contributed by atoms with E-state index in [1.807, 2.05) is 18.2 Å². The van der Waals surface area contributed by atoms with Crippen LogP contribution in [0.1, 0.15) is 12.8 Å². The third-order valence-electron chi connectivity index (χ3n) is 3.72. The van der Waals surface area contributed by atoms with Crippen molar-refractivity contribution in [2.45, 2.75) is 12.8 Å². The van der Waals surface area contributed by atoms with Crippen LogP contribution in [-0.4, -0.2) is 34.2 Å². The quantitative estimate of drug-likeness (QED) is 0.941. The van der Waals surface area contributed by atoms with E-state index in [9.17, 15) is 4.79 Å². The first-order valence-corrected chi connectivity index (χ1v) is 7.56. The first-order valence-electron chi connectivity index (χ1n) is 7.18. The van der Waals surface area contributed by atoms with Crippen molar-refractivity contribution in [3.8, 4) is 0 Å². The zero-order valence-electron chi connectivity index (χ0n) is 11.9. The van der Waals surface area contributed by atoms with E-state index in [1.165, 1.54) is 0 Å². The van der Waals surface area contributed by atoms with E-state index in [1.54, 1.807) is 18.3 Å². The number of piperidine rings is 1. The van der Waals surface area contributed by atoms with E-state index in [0.717, 1.165) is 31.7 Å². The number of hydrogen-bond donors (Lipinski definition) is 1. The second-order valence-corrected chi connectivity index (χ2v) is 5.57. The Morgan fingerprint density at radius 3 is 2.64 bits per heavy atom. The Kier molecular flexibility index (Phi) is 4.48. The summed E-state index contributed by atoms with van der Waals surface area (Å²) < 4.78 is 0. The third-order valence-corrected chi connectivity index (χ3v) is 3.93. The first kappa shape index (κ1) is 14.7. The number of carbonyl (C=O) groups is 1. The molecular formula is C15H16ClN5O. The van der Waals surface area contributed by atoms with Gasteiger partial charge in [0.1, 0.15) is 5.82 Å². The molecule has 22 heavy (non-hydrogen) atoms. The van der Waals surface area contributed by atoms with Crippen molar-refractivity contribution in [3.05, 3.63) is 41.7 Å². The number of halogens is 1. The Balaban J connectivity index is 1.55. The number of anilines is 2. The maximum Gasteiger partial charge on any atom is 0.228 e. The Morgan fingerprint density at radius 1 is 1.18 bits per heavy atom. The summed E-state index contributed by atoms with van der Waals surface area (Å²) in [6, 6.07) is 9.04. The lowest BCUT2D eigenvalue weighted by Crippen LogP contribution is -2.38. The van der Waals surface area contributed by atoms with Gasteiger partial charge >= 0.3 is 0 Å². The Hall–Kier alpha value is -2.21. The Labute approximate surface area is 133 Å². The first-order chi connectivity index (χ1) is 10.7. The number of aromatic nitrogens is 3. The molecule has 0 atom stereocenters. The average Bonchev–Trinajstić information content (AvgIpc) is 2.57. The van der Waals surface area contributed by atoms with Crippen LogP contribution in [0, 0.1) is 5.92 Å². The number of nitrogens with zero attached hydrogens (tertiary/aromatic N) is 4. The molecular weight excluding hydrogens is 302 g/mol. The van der Waals surface area contributed by atoms with Crippen LogP contribution in [0.25, 0.3) is 0 Å². The van der Waals surface area contributed by atoms with E-state index in [4.69, 9.17) is 11.6 Å². The predicted molar refractivity (Wildman–Crippen MR) is 84.8 cm³/mol. The van der Waals surface area contributed by atoms with Gasteiger partial charge in [-0.25, -0.2) is 4.98 Å². The van der Waals surface area contributed by atoms with Crippen molar-refractivity contribution in [3.63, 3.8) is 0 Å². The normalized spacial score (nSPS) is 15.6. The van der Waals surface area contributed by atoms with Gasteiger partial charge in [0.15, 0.2) is 11.0 Å². The molecule has 0 aliphatic carbocycles. The van der Waals surface area contributed by atoms with Crippen molar-refractivity contribution >= 4 is 29.1 Å². The summed E-state index contributed by atoms with van der Waals surface area (Å²) in [6.07, 6.45) is 3.23. The summed E-state index contributed by atoms with van der Waals surface area (Å²) in [5, 5.41) is 11.2. The van der Waals surface area contributed by atoms with Crippen molar-refractivity contribution in [1.29, 1.82) is 0 Å². The average molecular weight is 318 g/mol. The lowest BCUT2D eigenvalue weighted by Gasteiger charge is -2.31. The van der Waals surface area contributed by atoms with Crippen LogP contribution < -0.4 is 10.2 Å². The van der Waals surface area contributed by atoms with Crippen LogP contribution in [0.15, 0.2) is 36.5 Å². The minimum atomic E-state index is -0.00137. The molecule has 0 saturated carbocycles. The Morgan fingerprint density at radius 2 is 2.00 bits per heavy atom. The molecule has 0 bridgehead atoms. The molecule has 1 aliphatic heterocycles. The number of amides is 1. The van der Waals surface area contributed by atoms with E-state index in [-0.39, 0.29) is 11.8 Å². The fourth-order valence-electron chi connectivity index (χ4n) is 2.51. The molecule has 2 aromatic heterocycles. The zero-order valence-corrected chi connectivity index (χ0v) is 12.7. The van der Waals surface area contributed by atoms with E-state index in [0.29, 0.717) is 11.0 Å². The summed E-state index contributed by atoms with van der Waals surface area (Å²) in [7, 11) is 0. The lowest BCUT2D eigenvalue weighted by molar-refractivity contribution is -0.120. The van der Waals surface area contributed by atoms with E-state index in [2.05, 4.69) is 25.4 Å². The highest BCUT2D eigenvalue weighted by atomic mass is 35.5. The maximum atomic E-state index is 12.2. The largest absolute Gasteiger partial charge is 0.355 e. The van der Waals surface area contributed by atoms with Gasteiger partial charge in [-0.05, 0) is 37.1 Å². The second kappa shape index (κ2) is 6.70. The second-order valence-electron chi connectivity index (χ2n) is 5.18. The fraction of sp³-hybridized carbons (Fsp3) is 0.333. The van der Waals surface area contributed by atoms with Gasteiger partial charge in [0.25, 0.3) is 0 Å². The van der Waals surface area contributed by atoms with Crippen molar-refractivity contribution in [1.82, 2.24) is 15.2 Å². The topological polar surface area (TPSA) is 71.0 Å². The van der Waals surface area contributed by atoms with Crippen LogP contribution in [0.2, 0.25) is 5.15 Å². The summed E-state index contributed by atoms with van der Waals surface area (Å²) in [4.78, 5) is 18.5. The summed E-state index contributed by atoms with van der Waals surface area (Å²) in [6.45, 7) is 1.55. The number of pyridine rings is 1. The third kappa shape index (κ3) is 3.51. The van der Waals surface area contributed by atoms with Crippen LogP contribution in [0.3, 0.4) is 0 Å². The zero-order chi connectivity index (χ0) is 15.4. The predicted octanol–water partition coefficient (Wildman–Crippen LogP) is 2.38. The SMILES string of the molecule is O=C(Nc1ccccn1)C1CCN(c2ccc(Cl)nn2)CC1. The van der Waals surface area contributed by atoms with Gasteiger partial charge < -0.3 is 10.2 Å². The van der Waals surface area contributed by atoms with Crippen molar-refractivity contribution < 1.29 is 4.79 Å². The highest BCUT2D eigenvalue weighted by Gasteiger charge is 2.25. The smallest absolute Gasteiger partial charge is 0.228 e. The van der Waals surface area contributed by atoms with Crippen LogP contribution in [-0.2, 0) is 4.79 Å². The molecule has 114 valence electrons. The molecule has 1 aliphatic rings. The Bertz CT molecular complexity index is 626. The number of nitrogens with one attached hydrogen (secondary N) is 1. The highest BCUT2D eigenvalue weighted by Crippen LogP contribution is 2.23. The summed E-state index contributed by atoms with van der Waals surface area (Å²) >= 11 is 5.74. The van der Waals surface area contributed by atoms with Crippen LogP contribution >= 0.6 is 11.6 Å². The molecule has 0 unspecified atom stereocenters. The van der Waals surface area contributed by atoms with Crippen LogP contribution in [0.5, 0.6) is 0 Å². The molecule has 0 aromatic carbocycles. The monoisotopic (exact) mass is 317 g/mol. The van der Waals surface area contributed by atoms with Gasteiger partial charge in [-0.15, -0.1) is 10.2 Å². The molecule has 1 saturated heterocycles. The van der Waals surface area contributed by atoms with Crippen LogP contribution in [0.4, 0.5) is 11.6 Å². The molecule has 7 heteroatoms. The molecule has 0 spiro atoms. The number of hydrogen-bond acceptors (Lipinski definition) is 5. The minimum Gasteiger partial charge on any atom is -0.355 e. The molecule has 6 nitrogen and oxygen atoms in total. The maximum absolute atomic E-state index is 12.2. The fourth-order valence-corrected chi connectivity index (χ4v) is 2.61. The van der Waals surface area contributed by atoms with Crippen molar-refractivity contribution in [2.24, 2.45) is 5.92 Å². The summed E-state index contributed by atoms with van der Waals surface area (Å²) in [5.74, 6) is 1.42. The van der Waals surface area contributed by atoms with Gasteiger partial charge in [0.2, 0.25) is 5.91 Å². The van der Waals surface area contributed by atoms with Gasteiger partial charge in [-0.2, -0.15) is 0 Å². The standard InChI is InChI=1S/C15H16ClN5O/c16-12-4-5-14(20-19-12)21-9-6-11(7-10-21)15(22)18-13-3-1-2-8-17-13/h1-5,8,11H,6-7,9-10H2,(H,17,18,22). The highest BCUT2D eigenvalue weighted by molar-refractivity contribution is 6.29. The lowest BCUT2D eigenvalue weighted by atomic mass is 9.96. The van der Waals surface area contributed by atoms with E-state index >= 15 is 0 Å². The molecule has 0 radical (unpaired) electrons. The number of carbonyl (C=O) groups excluding carboxylic acids is 1. The minimum absolute atomic E-state index is 0.00137. The molecule has 3 rings (SSSR count). The summed E-state index contributed by atoms with van der Waals surface area (Å²) in [5.41, 5.74) is 0. The van der Waals surface area contributed by atoms with Crippen molar-refractivity contribution in [2.75, 3.05) is 23.3 Å². The number of rotatable bonds is 3. The molecule has 2 aromatic rings. The molecule has 1 N–H and O–H groups in total.